The van der Waals surface area contributed by atoms with Crippen LogP contribution >= 0.6 is 0 Å². The first kappa shape index (κ1) is 20.3. The molecule has 172 valence electrons. The Kier molecular flexibility index (Phi) is 4.72. The second kappa shape index (κ2) is 7.91. The molecule has 10 nitrogen and oxygen atoms in total. The van der Waals surface area contributed by atoms with Crippen molar-refractivity contribution in [2.24, 2.45) is 0 Å². The van der Waals surface area contributed by atoms with Crippen molar-refractivity contribution in [2.45, 2.75) is 24.8 Å². The number of fused-ring (bicyclic) bond motifs is 1. The number of hydrogen-bond acceptors (Lipinski definition) is 8. The van der Waals surface area contributed by atoms with Crippen LogP contribution in [-0.2, 0) is 16.8 Å². The van der Waals surface area contributed by atoms with Crippen molar-refractivity contribution in [3.63, 3.8) is 0 Å². The molecule has 2 aliphatic rings. The van der Waals surface area contributed by atoms with Gasteiger partial charge in [-0.15, -0.1) is 0 Å². The Morgan fingerprint density at radius 1 is 1.06 bits per heavy atom. The SMILES string of the molecule is O=C(NCCn1nc(-c2ccco2)ccc1=O)C1(c2cc(-c3ccc4c(c3)OCO4)on2)CC1. The smallest absolute Gasteiger partial charge is 0.266 e. The van der Waals surface area contributed by atoms with Crippen LogP contribution in [0.1, 0.15) is 18.5 Å². The number of furan rings is 1. The lowest BCUT2D eigenvalue weighted by atomic mass is 10.0. The molecule has 1 N–H and O–H groups in total. The molecule has 10 heteroatoms. The number of aromatic nitrogens is 3. The molecular weight excluding hydrogens is 440 g/mol. The van der Waals surface area contributed by atoms with Crippen LogP contribution in [0, 0.1) is 0 Å². The second-order valence-corrected chi connectivity index (χ2v) is 8.24. The maximum atomic E-state index is 13.0. The fourth-order valence-electron chi connectivity index (χ4n) is 4.02. The zero-order chi connectivity index (χ0) is 23.1. The normalized spacial score (nSPS) is 15.3. The number of nitrogens with zero attached hydrogens (tertiary/aromatic N) is 3. The molecule has 6 rings (SSSR count). The van der Waals surface area contributed by atoms with Crippen LogP contribution in [0.4, 0.5) is 0 Å². The Bertz CT molecular complexity index is 1420. The van der Waals surface area contributed by atoms with E-state index in [-0.39, 0.29) is 31.3 Å². The van der Waals surface area contributed by atoms with Gasteiger partial charge in [-0.05, 0) is 49.2 Å². The Labute approximate surface area is 193 Å². The van der Waals surface area contributed by atoms with Crippen LogP contribution in [0.15, 0.2) is 68.5 Å². The summed E-state index contributed by atoms with van der Waals surface area (Å²) in [6, 6.07) is 13.9. The van der Waals surface area contributed by atoms with Gasteiger partial charge in [0.05, 0.1) is 23.9 Å². The van der Waals surface area contributed by atoms with Gasteiger partial charge >= 0.3 is 0 Å². The third kappa shape index (κ3) is 3.53. The first-order valence-corrected chi connectivity index (χ1v) is 10.9. The monoisotopic (exact) mass is 460 g/mol. The van der Waals surface area contributed by atoms with Gasteiger partial charge < -0.3 is 23.7 Å². The maximum absolute atomic E-state index is 13.0. The number of benzene rings is 1. The van der Waals surface area contributed by atoms with Crippen molar-refractivity contribution in [2.75, 3.05) is 13.3 Å². The number of rotatable bonds is 7. The van der Waals surface area contributed by atoms with Crippen molar-refractivity contribution < 1.29 is 23.2 Å². The van der Waals surface area contributed by atoms with Crippen LogP contribution in [0.2, 0.25) is 0 Å². The molecule has 1 saturated carbocycles. The summed E-state index contributed by atoms with van der Waals surface area (Å²) in [6.45, 7) is 0.678. The van der Waals surface area contributed by atoms with E-state index in [9.17, 15) is 9.59 Å². The van der Waals surface area contributed by atoms with Gasteiger partial charge in [0.1, 0.15) is 5.69 Å². The molecule has 0 atom stereocenters. The van der Waals surface area contributed by atoms with Crippen molar-refractivity contribution >= 4 is 5.91 Å². The summed E-state index contributed by atoms with van der Waals surface area (Å²) in [5.74, 6) is 2.31. The Morgan fingerprint density at radius 3 is 2.76 bits per heavy atom. The molecular formula is C24H20N4O6. The standard InChI is InChI=1S/C24H20N4O6/c29-22-6-4-16(17-2-1-11-31-17)26-28(22)10-9-25-23(30)24(7-8-24)21-13-19(34-27-21)15-3-5-18-20(12-15)33-14-32-18/h1-6,11-13H,7-10,14H2,(H,25,30). The number of hydrogen-bond donors (Lipinski definition) is 1. The maximum Gasteiger partial charge on any atom is 0.266 e. The molecule has 3 aromatic heterocycles. The number of carbonyl (C=O) groups is 1. The lowest BCUT2D eigenvalue weighted by Gasteiger charge is -2.13. The van der Waals surface area contributed by atoms with Gasteiger partial charge in [0.2, 0.25) is 12.7 Å². The lowest BCUT2D eigenvalue weighted by molar-refractivity contribution is -0.123. The highest BCUT2D eigenvalue weighted by molar-refractivity contribution is 5.91. The predicted molar refractivity (Wildman–Crippen MR) is 118 cm³/mol. The molecule has 0 radical (unpaired) electrons. The van der Waals surface area contributed by atoms with E-state index in [1.165, 1.54) is 10.7 Å². The van der Waals surface area contributed by atoms with Crippen LogP contribution in [0.5, 0.6) is 11.5 Å². The minimum atomic E-state index is -0.716. The van der Waals surface area contributed by atoms with E-state index in [4.69, 9.17) is 18.4 Å². The van der Waals surface area contributed by atoms with Gasteiger partial charge in [-0.3, -0.25) is 9.59 Å². The molecule has 0 bridgehead atoms. The summed E-state index contributed by atoms with van der Waals surface area (Å²) >= 11 is 0. The first-order valence-electron chi connectivity index (χ1n) is 10.9. The van der Waals surface area contributed by atoms with Crippen molar-refractivity contribution in [3.05, 3.63) is 70.8 Å². The van der Waals surface area contributed by atoms with Gasteiger partial charge in [-0.1, -0.05) is 5.16 Å². The summed E-state index contributed by atoms with van der Waals surface area (Å²) in [5, 5.41) is 11.4. The summed E-state index contributed by atoms with van der Waals surface area (Å²) in [7, 11) is 0. The summed E-state index contributed by atoms with van der Waals surface area (Å²) in [4.78, 5) is 25.2. The molecule has 1 fully saturated rings. The van der Waals surface area contributed by atoms with E-state index in [0.717, 1.165) is 5.56 Å². The molecule has 1 aromatic carbocycles. The van der Waals surface area contributed by atoms with E-state index in [0.29, 0.717) is 47.2 Å². The zero-order valence-corrected chi connectivity index (χ0v) is 18.0. The Hall–Kier alpha value is -4.34. The Morgan fingerprint density at radius 2 is 1.94 bits per heavy atom. The number of carbonyl (C=O) groups excluding carboxylic acids is 1. The van der Waals surface area contributed by atoms with Gasteiger partial charge in [-0.25, -0.2) is 4.68 Å². The van der Waals surface area contributed by atoms with Crippen LogP contribution in [-0.4, -0.2) is 34.2 Å². The highest BCUT2D eigenvalue weighted by Gasteiger charge is 2.53. The van der Waals surface area contributed by atoms with Gasteiger partial charge in [0, 0.05) is 24.2 Å². The molecule has 4 heterocycles. The van der Waals surface area contributed by atoms with E-state index in [1.54, 1.807) is 30.5 Å². The molecule has 0 saturated heterocycles. The van der Waals surface area contributed by atoms with Gasteiger partial charge in [0.15, 0.2) is 23.0 Å². The van der Waals surface area contributed by atoms with Gasteiger partial charge in [0.25, 0.3) is 5.56 Å². The fraction of sp³-hybridized carbons (Fsp3) is 0.250. The third-order valence-corrected chi connectivity index (χ3v) is 6.09. The molecule has 0 spiro atoms. The van der Waals surface area contributed by atoms with Crippen LogP contribution in [0.25, 0.3) is 22.8 Å². The fourth-order valence-corrected chi connectivity index (χ4v) is 4.02. The van der Waals surface area contributed by atoms with Crippen LogP contribution < -0.4 is 20.3 Å². The summed E-state index contributed by atoms with van der Waals surface area (Å²) in [6.07, 6.45) is 2.90. The third-order valence-electron chi connectivity index (χ3n) is 6.09. The van der Waals surface area contributed by atoms with Crippen molar-refractivity contribution in [1.82, 2.24) is 20.3 Å². The number of amides is 1. The average Bonchev–Trinajstić information content (AvgIpc) is 3.27. The summed E-state index contributed by atoms with van der Waals surface area (Å²) in [5.41, 5.74) is 0.963. The highest BCUT2D eigenvalue weighted by atomic mass is 16.7. The van der Waals surface area contributed by atoms with Crippen molar-refractivity contribution in [3.8, 4) is 34.3 Å². The largest absolute Gasteiger partial charge is 0.463 e. The predicted octanol–water partition coefficient (Wildman–Crippen LogP) is 2.74. The van der Waals surface area contributed by atoms with Crippen molar-refractivity contribution in [1.29, 1.82) is 0 Å². The van der Waals surface area contributed by atoms with E-state index >= 15 is 0 Å². The number of nitrogens with one attached hydrogen (secondary N) is 1. The van der Waals surface area contributed by atoms with Gasteiger partial charge in [-0.2, -0.15) is 5.10 Å². The lowest BCUT2D eigenvalue weighted by Crippen LogP contribution is -2.38. The molecule has 1 aliphatic heterocycles. The minimum absolute atomic E-state index is 0.145. The van der Waals surface area contributed by atoms with E-state index in [2.05, 4.69) is 15.6 Å². The second-order valence-electron chi connectivity index (χ2n) is 8.24. The quantitative estimate of drug-likeness (QED) is 0.447. The highest BCUT2D eigenvalue weighted by Crippen LogP contribution is 2.49. The first-order chi connectivity index (χ1) is 16.6. The molecule has 1 aliphatic carbocycles. The topological polar surface area (TPSA) is 122 Å². The van der Waals surface area contributed by atoms with E-state index < -0.39 is 5.41 Å². The minimum Gasteiger partial charge on any atom is -0.463 e. The molecule has 0 unspecified atom stereocenters. The van der Waals surface area contributed by atoms with Crippen LogP contribution in [0.3, 0.4) is 0 Å². The Balaban J connectivity index is 1.13. The average molecular weight is 460 g/mol. The summed E-state index contributed by atoms with van der Waals surface area (Å²) < 4.78 is 22.9. The molecule has 1 amide bonds. The zero-order valence-electron chi connectivity index (χ0n) is 18.0. The molecule has 4 aromatic rings. The number of ether oxygens (including phenoxy) is 2. The molecule has 34 heavy (non-hydrogen) atoms. The van der Waals surface area contributed by atoms with E-state index in [1.807, 2.05) is 18.2 Å².